The van der Waals surface area contributed by atoms with Gasteiger partial charge in [-0.05, 0) is 55.7 Å². The van der Waals surface area contributed by atoms with Gasteiger partial charge in [0.25, 0.3) is 0 Å². The van der Waals surface area contributed by atoms with Crippen molar-refractivity contribution in [2.24, 2.45) is 5.92 Å². The number of likely N-dealkylation sites (tertiary alicyclic amines) is 1. The van der Waals surface area contributed by atoms with Crippen molar-refractivity contribution in [3.63, 3.8) is 0 Å². The first kappa shape index (κ1) is 22.1. The molecule has 0 unspecified atom stereocenters. The van der Waals surface area contributed by atoms with Gasteiger partial charge in [0, 0.05) is 37.0 Å². The quantitative estimate of drug-likeness (QED) is 0.641. The highest BCUT2D eigenvalue weighted by molar-refractivity contribution is 7.99. The lowest BCUT2D eigenvalue weighted by atomic mass is 9.94. The number of thiophene rings is 1. The van der Waals surface area contributed by atoms with Gasteiger partial charge >= 0.3 is 0 Å². The van der Waals surface area contributed by atoms with Crippen molar-refractivity contribution >= 4 is 40.7 Å². The molecule has 0 saturated carbocycles. The zero-order chi connectivity index (χ0) is 21.5. The summed E-state index contributed by atoms with van der Waals surface area (Å²) in [6.07, 6.45) is 5.27. The fourth-order valence-corrected chi connectivity index (χ4v) is 5.36. The van der Waals surface area contributed by atoms with Crippen LogP contribution in [-0.4, -0.2) is 58.8 Å². The molecule has 0 aliphatic carbocycles. The largest absolute Gasteiger partial charge is 0.355 e. The van der Waals surface area contributed by atoms with Crippen LogP contribution in [0.15, 0.2) is 34.7 Å². The minimum absolute atomic E-state index is 0.00952. The van der Waals surface area contributed by atoms with Crippen LogP contribution in [0.1, 0.15) is 37.0 Å². The fourth-order valence-electron chi connectivity index (χ4n) is 4.08. The molecule has 0 radical (unpaired) electrons. The van der Waals surface area contributed by atoms with Crippen molar-refractivity contribution in [1.82, 2.24) is 20.4 Å². The summed E-state index contributed by atoms with van der Waals surface area (Å²) in [6.45, 7) is 4.08. The molecule has 0 aromatic carbocycles. The Balaban J connectivity index is 1.19. The highest BCUT2D eigenvalue weighted by Gasteiger charge is 2.29. The van der Waals surface area contributed by atoms with Crippen molar-refractivity contribution in [2.45, 2.75) is 43.7 Å². The van der Waals surface area contributed by atoms with Crippen LogP contribution in [-0.2, 0) is 16.1 Å². The maximum absolute atomic E-state index is 12.7. The highest BCUT2D eigenvalue weighted by Crippen LogP contribution is 2.25. The molecule has 0 atom stereocenters. The number of aromatic nitrogens is 2. The van der Waals surface area contributed by atoms with E-state index in [4.69, 9.17) is 0 Å². The van der Waals surface area contributed by atoms with E-state index in [9.17, 15) is 9.59 Å². The molecule has 2 aromatic heterocycles. The van der Waals surface area contributed by atoms with Crippen molar-refractivity contribution in [3.05, 3.63) is 34.5 Å². The molecule has 2 amide bonds. The second-order valence-electron chi connectivity index (χ2n) is 8.02. The van der Waals surface area contributed by atoms with Gasteiger partial charge in [0.15, 0.2) is 5.82 Å². The molecule has 2 aliphatic heterocycles. The Bertz CT molecular complexity index is 845. The number of carbonyl (C=O) groups is 2. The lowest BCUT2D eigenvalue weighted by Gasteiger charge is -2.35. The van der Waals surface area contributed by atoms with Gasteiger partial charge in [0.2, 0.25) is 11.8 Å². The van der Waals surface area contributed by atoms with Gasteiger partial charge in [-0.3, -0.25) is 9.59 Å². The van der Waals surface area contributed by atoms with Gasteiger partial charge in [-0.1, -0.05) is 17.8 Å². The molecule has 2 saturated heterocycles. The third-order valence-electron chi connectivity index (χ3n) is 5.85. The van der Waals surface area contributed by atoms with E-state index in [0.717, 1.165) is 67.6 Å². The summed E-state index contributed by atoms with van der Waals surface area (Å²) in [4.78, 5) is 30.1. The number of rotatable bonds is 7. The molecule has 2 aromatic rings. The maximum Gasteiger partial charge on any atom is 0.230 e. The Morgan fingerprint density at radius 1 is 1.06 bits per heavy atom. The van der Waals surface area contributed by atoms with E-state index in [2.05, 4.69) is 25.3 Å². The monoisotopic (exact) mass is 459 g/mol. The van der Waals surface area contributed by atoms with Crippen molar-refractivity contribution in [1.29, 1.82) is 0 Å². The van der Waals surface area contributed by atoms with Crippen LogP contribution in [0.2, 0.25) is 0 Å². The minimum atomic E-state index is -0.00952. The summed E-state index contributed by atoms with van der Waals surface area (Å²) >= 11 is 3.02. The van der Waals surface area contributed by atoms with Crippen molar-refractivity contribution < 1.29 is 9.59 Å². The standard InChI is InChI=1S/C22H29N5O2S2/c28-20(23-15-18-5-4-14-30-18)16-31-21-7-6-19(24-25-21)26-12-8-17(9-13-26)22(29)27-10-2-1-3-11-27/h4-7,14,17H,1-3,8-13,15-16H2,(H,23,28). The van der Waals surface area contributed by atoms with E-state index < -0.39 is 0 Å². The van der Waals surface area contributed by atoms with Crippen molar-refractivity contribution in [2.75, 3.05) is 36.8 Å². The molecule has 2 fully saturated rings. The zero-order valence-corrected chi connectivity index (χ0v) is 19.3. The third kappa shape index (κ3) is 6.20. The molecule has 4 heterocycles. The number of anilines is 1. The summed E-state index contributed by atoms with van der Waals surface area (Å²) < 4.78 is 0. The van der Waals surface area contributed by atoms with Crippen LogP contribution in [0.4, 0.5) is 5.82 Å². The van der Waals surface area contributed by atoms with Crippen LogP contribution >= 0.6 is 23.1 Å². The first-order chi connectivity index (χ1) is 15.2. The molecule has 1 N–H and O–H groups in total. The lowest BCUT2D eigenvalue weighted by molar-refractivity contribution is -0.137. The van der Waals surface area contributed by atoms with Gasteiger partial charge in [-0.25, -0.2) is 0 Å². The second kappa shape index (κ2) is 10.9. The predicted octanol–water partition coefficient (Wildman–Crippen LogP) is 3.18. The smallest absolute Gasteiger partial charge is 0.230 e. The molecule has 0 bridgehead atoms. The van der Waals surface area contributed by atoms with E-state index in [1.54, 1.807) is 11.3 Å². The van der Waals surface area contributed by atoms with Gasteiger partial charge in [-0.2, -0.15) is 0 Å². The number of piperidine rings is 2. The summed E-state index contributed by atoms with van der Waals surface area (Å²) in [5, 5.41) is 14.3. The molecule has 31 heavy (non-hydrogen) atoms. The van der Waals surface area contributed by atoms with Gasteiger partial charge in [-0.15, -0.1) is 21.5 Å². The van der Waals surface area contributed by atoms with Gasteiger partial charge < -0.3 is 15.1 Å². The minimum Gasteiger partial charge on any atom is -0.355 e. The van der Waals surface area contributed by atoms with Gasteiger partial charge in [0.1, 0.15) is 5.03 Å². The molecule has 166 valence electrons. The average Bonchev–Trinajstić information content (AvgIpc) is 3.36. The Morgan fingerprint density at radius 2 is 1.87 bits per heavy atom. The number of thioether (sulfide) groups is 1. The summed E-state index contributed by atoms with van der Waals surface area (Å²) in [5.74, 6) is 1.64. The Kier molecular flexibility index (Phi) is 7.80. The summed E-state index contributed by atoms with van der Waals surface area (Å²) in [5.41, 5.74) is 0. The number of nitrogens with one attached hydrogen (secondary N) is 1. The number of nitrogens with zero attached hydrogens (tertiary/aromatic N) is 4. The lowest BCUT2D eigenvalue weighted by Crippen LogP contribution is -2.44. The second-order valence-corrected chi connectivity index (χ2v) is 10.0. The summed E-state index contributed by atoms with van der Waals surface area (Å²) in [6, 6.07) is 7.87. The van der Waals surface area contributed by atoms with Crippen LogP contribution < -0.4 is 10.2 Å². The average molecular weight is 460 g/mol. The molecule has 4 rings (SSSR count). The topological polar surface area (TPSA) is 78.4 Å². The number of amides is 2. The number of hydrogen-bond donors (Lipinski definition) is 1. The van der Waals surface area contributed by atoms with Crippen LogP contribution in [0.25, 0.3) is 0 Å². The highest BCUT2D eigenvalue weighted by atomic mass is 32.2. The van der Waals surface area contributed by atoms with Crippen LogP contribution in [0.5, 0.6) is 0 Å². The van der Waals surface area contributed by atoms with Gasteiger partial charge in [0.05, 0.1) is 12.3 Å². The van der Waals surface area contributed by atoms with E-state index >= 15 is 0 Å². The Hall–Kier alpha value is -2.13. The van der Waals surface area contributed by atoms with E-state index in [-0.39, 0.29) is 11.8 Å². The SMILES string of the molecule is O=C(CSc1ccc(N2CCC(C(=O)N3CCCCC3)CC2)nn1)NCc1cccs1. The predicted molar refractivity (Wildman–Crippen MR) is 124 cm³/mol. The molecular formula is C22H29N5O2S2. The third-order valence-corrected chi connectivity index (χ3v) is 7.65. The Morgan fingerprint density at radius 3 is 2.55 bits per heavy atom. The summed E-state index contributed by atoms with van der Waals surface area (Å²) in [7, 11) is 0. The number of hydrogen-bond acceptors (Lipinski definition) is 7. The Labute approximate surface area is 191 Å². The van der Waals surface area contributed by atoms with Crippen molar-refractivity contribution in [3.8, 4) is 0 Å². The molecule has 9 heteroatoms. The first-order valence-corrected chi connectivity index (χ1v) is 12.8. The van der Waals surface area contributed by atoms with E-state index in [1.165, 1.54) is 18.2 Å². The molecule has 7 nitrogen and oxygen atoms in total. The molecular weight excluding hydrogens is 430 g/mol. The first-order valence-electron chi connectivity index (χ1n) is 11.0. The molecule has 2 aliphatic rings. The number of carbonyl (C=O) groups excluding carboxylic acids is 2. The normalized spacial score (nSPS) is 17.5. The fraction of sp³-hybridized carbons (Fsp3) is 0.545. The maximum atomic E-state index is 12.7. The van der Waals surface area contributed by atoms with Crippen LogP contribution in [0, 0.1) is 5.92 Å². The van der Waals surface area contributed by atoms with E-state index in [0.29, 0.717) is 18.2 Å². The zero-order valence-electron chi connectivity index (χ0n) is 17.7. The van der Waals surface area contributed by atoms with Crippen LogP contribution in [0.3, 0.4) is 0 Å². The van der Waals surface area contributed by atoms with E-state index in [1.807, 2.05) is 29.6 Å². The molecule has 0 spiro atoms.